The highest BCUT2D eigenvalue weighted by molar-refractivity contribution is 8.00. The zero-order valence-electron chi connectivity index (χ0n) is 17.4. The largest absolute Gasteiger partial charge is 0.488 e. The number of ether oxygens (including phenoxy) is 1. The van der Waals surface area contributed by atoms with Crippen LogP contribution >= 0.6 is 23.1 Å². The van der Waals surface area contributed by atoms with Crippen LogP contribution in [0.15, 0.2) is 83.2 Å². The summed E-state index contributed by atoms with van der Waals surface area (Å²) in [5.74, 6) is 0.334. The molecule has 1 aromatic heterocycles. The molecular weight excluding hydrogens is 456 g/mol. The van der Waals surface area contributed by atoms with Gasteiger partial charge in [0.15, 0.2) is 4.34 Å². The van der Waals surface area contributed by atoms with Crippen LogP contribution in [0.3, 0.4) is 0 Å². The molecule has 9 heteroatoms. The van der Waals surface area contributed by atoms with Crippen molar-refractivity contribution in [2.45, 2.75) is 16.7 Å². The van der Waals surface area contributed by atoms with Gasteiger partial charge in [0.05, 0.1) is 5.56 Å². The summed E-state index contributed by atoms with van der Waals surface area (Å²) in [6, 6.07) is 23.9. The van der Waals surface area contributed by atoms with Gasteiger partial charge >= 0.3 is 0 Å². The lowest BCUT2D eigenvalue weighted by Crippen LogP contribution is -2.13. The van der Waals surface area contributed by atoms with Gasteiger partial charge in [-0.25, -0.2) is 0 Å². The van der Waals surface area contributed by atoms with Crippen molar-refractivity contribution in [1.82, 2.24) is 10.2 Å². The standard InChI is InChI=1S/C24H20N4O3S2/c25-21(29)19-11-4-5-12-20(19)31-14-17-9-6-10-18(13-17)22(30)26-23-27-28-24(33-23)32-15-16-7-2-1-3-8-16/h1-13H,14-15H2,(H2,25,29)(H,26,27,30). The third kappa shape index (κ3) is 6.18. The molecule has 0 spiro atoms. The van der Waals surface area contributed by atoms with Crippen molar-refractivity contribution in [3.05, 3.63) is 101 Å². The molecule has 2 amide bonds. The quantitative estimate of drug-likeness (QED) is 0.266. The van der Waals surface area contributed by atoms with E-state index in [9.17, 15) is 9.59 Å². The Bertz CT molecular complexity index is 1260. The molecule has 0 aliphatic rings. The number of primary amides is 1. The van der Waals surface area contributed by atoms with E-state index in [1.54, 1.807) is 54.2 Å². The highest BCUT2D eigenvalue weighted by Crippen LogP contribution is 2.28. The monoisotopic (exact) mass is 476 g/mol. The van der Waals surface area contributed by atoms with Gasteiger partial charge in [-0.05, 0) is 35.4 Å². The zero-order valence-corrected chi connectivity index (χ0v) is 19.1. The molecule has 0 unspecified atom stereocenters. The molecule has 0 bridgehead atoms. The molecule has 1 heterocycles. The molecule has 4 aromatic rings. The summed E-state index contributed by atoms with van der Waals surface area (Å²) in [6.07, 6.45) is 0. The summed E-state index contributed by atoms with van der Waals surface area (Å²) >= 11 is 2.90. The lowest BCUT2D eigenvalue weighted by atomic mass is 10.1. The van der Waals surface area contributed by atoms with Crippen molar-refractivity contribution in [2.24, 2.45) is 5.73 Å². The maximum absolute atomic E-state index is 12.7. The van der Waals surface area contributed by atoms with E-state index in [1.165, 1.54) is 16.9 Å². The molecule has 3 aromatic carbocycles. The van der Waals surface area contributed by atoms with E-state index in [-0.39, 0.29) is 12.5 Å². The molecule has 7 nitrogen and oxygen atoms in total. The fourth-order valence-electron chi connectivity index (χ4n) is 2.97. The first-order valence-electron chi connectivity index (χ1n) is 10.0. The minimum Gasteiger partial charge on any atom is -0.488 e. The number of aromatic nitrogens is 2. The van der Waals surface area contributed by atoms with Crippen LogP contribution in [0.5, 0.6) is 5.75 Å². The lowest BCUT2D eigenvalue weighted by Gasteiger charge is -2.10. The zero-order chi connectivity index (χ0) is 23.0. The summed E-state index contributed by atoms with van der Waals surface area (Å²) in [7, 11) is 0. The Balaban J connectivity index is 1.35. The first-order valence-corrected chi connectivity index (χ1v) is 11.8. The van der Waals surface area contributed by atoms with E-state index >= 15 is 0 Å². The number of thioether (sulfide) groups is 1. The van der Waals surface area contributed by atoms with Crippen molar-refractivity contribution < 1.29 is 14.3 Å². The second-order valence-electron chi connectivity index (χ2n) is 6.95. The number of amides is 2. The van der Waals surface area contributed by atoms with Gasteiger partial charge in [0.1, 0.15) is 12.4 Å². The van der Waals surface area contributed by atoms with Crippen LogP contribution in [0.4, 0.5) is 5.13 Å². The fraction of sp³-hybridized carbons (Fsp3) is 0.0833. The molecular formula is C24H20N4O3S2. The Morgan fingerprint density at radius 3 is 2.52 bits per heavy atom. The van der Waals surface area contributed by atoms with Crippen molar-refractivity contribution in [3.63, 3.8) is 0 Å². The van der Waals surface area contributed by atoms with Gasteiger partial charge in [0.2, 0.25) is 5.13 Å². The van der Waals surface area contributed by atoms with Crippen LogP contribution in [0.25, 0.3) is 0 Å². The minimum absolute atomic E-state index is 0.185. The molecule has 0 radical (unpaired) electrons. The maximum Gasteiger partial charge on any atom is 0.257 e. The van der Waals surface area contributed by atoms with Gasteiger partial charge in [-0.2, -0.15) is 0 Å². The average molecular weight is 477 g/mol. The van der Waals surface area contributed by atoms with Crippen molar-refractivity contribution >= 4 is 40.0 Å². The number of nitrogens with zero attached hydrogens (tertiary/aromatic N) is 2. The number of carbonyl (C=O) groups excluding carboxylic acids is 2. The van der Waals surface area contributed by atoms with Gasteiger partial charge in [0.25, 0.3) is 11.8 Å². The van der Waals surface area contributed by atoms with E-state index in [0.29, 0.717) is 22.0 Å². The molecule has 0 saturated carbocycles. The number of rotatable bonds is 9. The molecule has 4 rings (SSSR count). The first-order chi connectivity index (χ1) is 16.1. The predicted octanol–water partition coefficient (Wildman–Crippen LogP) is 4.76. The third-order valence-electron chi connectivity index (χ3n) is 4.57. The smallest absolute Gasteiger partial charge is 0.257 e. The van der Waals surface area contributed by atoms with E-state index in [2.05, 4.69) is 27.6 Å². The topological polar surface area (TPSA) is 107 Å². The van der Waals surface area contributed by atoms with Crippen molar-refractivity contribution in [3.8, 4) is 5.75 Å². The number of nitrogens with two attached hydrogens (primary N) is 1. The third-order valence-corrected chi connectivity index (χ3v) is 6.61. The van der Waals surface area contributed by atoms with Crippen LogP contribution in [0.2, 0.25) is 0 Å². The number of hydrogen-bond donors (Lipinski definition) is 2. The Morgan fingerprint density at radius 2 is 1.70 bits per heavy atom. The summed E-state index contributed by atoms with van der Waals surface area (Å²) in [4.78, 5) is 24.2. The molecule has 0 fully saturated rings. The van der Waals surface area contributed by atoms with Gasteiger partial charge in [0, 0.05) is 11.3 Å². The number of para-hydroxylation sites is 1. The van der Waals surface area contributed by atoms with E-state index in [1.807, 2.05) is 24.3 Å². The van der Waals surface area contributed by atoms with Crippen molar-refractivity contribution in [2.75, 3.05) is 5.32 Å². The highest BCUT2D eigenvalue weighted by atomic mass is 32.2. The number of anilines is 1. The summed E-state index contributed by atoms with van der Waals surface area (Å²) in [5, 5.41) is 11.4. The SMILES string of the molecule is NC(=O)c1ccccc1OCc1cccc(C(=O)Nc2nnc(SCc3ccccc3)s2)c1. The predicted molar refractivity (Wildman–Crippen MR) is 130 cm³/mol. The molecule has 3 N–H and O–H groups in total. The number of benzene rings is 3. The number of nitrogens with one attached hydrogen (secondary N) is 1. The normalized spacial score (nSPS) is 10.5. The van der Waals surface area contributed by atoms with Crippen LogP contribution in [0, 0.1) is 0 Å². The summed E-state index contributed by atoms with van der Waals surface area (Å²) in [5.41, 5.74) is 8.13. The van der Waals surface area contributed by atoms with E-state index < -0.39 is 5.91 Å². The Labute approximate surface area is 199 Å². The van der Waals surface area contributed by atoms with Gasteiger partial charge in [-0.1, -0.05) is 77.7 Å². The van der Waals surface area contributed by atoms with Gasteiger partial charge in [-0.3, -0.25) is 14.9 Å². The Morgan fingerprint density at radius 1 is 0.939 bits per heavy atom. The van der Waals surface area contributed by atoms with E-state index in [0.717, 1.165) is 15.7 Å². The maximum atomic E-state index is 12.7. The Kier molecular flexibility index (Phi) is 7.33. The molecule has 166 valence electrons. The second kappa shape index (κ2) is 10.8. The van der Waals surface area contributed by atoms with Gasteiger partial charge < -0.3 is 10.5 Å². The molecule has 33 heavy (non-hydrogen) atoms. The van der Waals surface area contributed by atoms with E-state index in [4.69, 9.17) is 10.5 Å². The minimum atomic E-state index is -0.558. The molecule has 0 aliphatic carbocycles. The molecule has 0 aliphatic heterocycles. The Hall–Kier alpha value is -3.69. The molecule has 0 saturated heterocycles. The van der Waals surface area contributed by atoms with Crippen LogP contribution in [0.1, 0.15) is 31.8 Å². The summed E-state index contributed by atoms with van der Waals surface area (Å²) in [6.45, 7) is 0.185. The highest BCUT2D eigenvalue weighted by Gasteiger charge is 2.12. The van der Waals surface area contributed by atoms with Crippen molar-refractivity contribution in [1.29, 1.82) is 0 Å². The summed E-state index contributed by atoms with van der Waals surface area (Å²) < 4.78 is 6.53. The number of carbonyl (C=O) groups is 2. The average Bonchev–Trinajstić information content (AvgIpc) is 3.29. The fourth-order valence-corrected chi connectivity index (χ4v) is 4.67. The van der Waals surface area contributed by atoms with Crippen LogP contribution < -0.4 is 15.8 Å². The van der Waals surface area contributed by atoms with Crippen LogP contribution in [-0.2, 0) is 12.4 Å². The second-order valence-corrected chi connectivity index (χ2v) is 9.15. The lowest BCUT2D eigenvalue weighted by molar-refractivity contribution is 0.0994. The number of hydrogen-bond acceptors (Lipinski definition) is 7. The first kappa shape index (κ1) is 22.5. The van der Waals surface area contributed by atoms with Gasteiger partial charge in [-0.15, -0.1) is 10.2 Å². The molecule has 0 atom stereocenters. The van der Waals surface area contributed by atoms with Crippen LogP contribution in [-0.4, -0.2) is 22.0 Å².